The standard InChI is InChI=1S/C22H33ClN4O2/c1-15-12-26(13-16(2)29-15)14-17-6-8-27(9-7-17)22(28)21-11-20(24-25-21)18-4-3-5-19(23)10-18/h3-5,10,15-17,20-21,24-25H,6-9,11-14H2,1-2H3. The van der Waals surface area contributed by atoms with Crippen molar-refractivity contribution in [1.82, 2.24) is 20.7 Å². The molecule has 160 valence electrons. The van der Waals surface area contributed by atoms with Gasteiger partial charge in [-0.15, -0.1) is 0 Å². The van der Waals surface area contributed by atoms with Crippen LogP contribution in [-0.4, -0.2) is 66.7 Å². The molecule has 1 aromatic carbocycles. The zero-order chi connectivity index (χ0) is 20.4. The number of morpholine rings is 1. The highest BCUT2D eigenvalue weighted by Crippen LogP contribution is 2.27. The van der Waals surface area contributed by atoms with Crippen LogP contribution in [0, 0.1) is 5.92 Å². The number of rotatable bonds is 4. The molecule has 3 saturated heterocycles. The van der Waals surface area contributed by atoms with Gasteiger partial charge < -0.3 is 9.64 Å². The molecule has 1 aromatic rings. The minimum Gasteiger partial charge on any atom is -0.373 e. The van der Waals surface area contributed by atoms with Crippen molar-refractivity contribution in [2.45, 2.75) is 57.4 Å². The molecule has 3 heterocycles. The summed E-state index contributed by atoms with van der Waals surface area (Å²) in [7, 11) is 0. The molecule has 0 spiro atoms. The van der Waals surface area contributed by atoms with Gasteiger partial charge in [0.15, 0.2) is 0 Å². The highest BCUT2D eigenvalue weighted by molar-refractivity contribution is 6.30. The number of amides is 1. The first-order chi connectivity index (χ1) is 14.0. The smallest absolute Gasteiger partial charge is 0.241 e. The second kappa shape index (κ2) is 9.31. The molecule has 29 heavy (non-hydrogen) atoms. The number of likely N-dealkylation sites (tertiary alicyclic amines) is 1. The normalized spacial score (nSPS) is 31.9. The van der Waals surface area contributed by atoms with Gasteiger partial charge in [-0.2, -0.15) is 0 Å². The van der Waals surface area contributed by atoms with Gasteiger partial charge in [-0.1, -0.05) is 23.7 Å². The summed E-state index contributed by atoms with van der Waals surface area (Å²) in [6.45, 7) is 9.20. The Morgan fingerprint density at radius 2 is 1.90 bits per heavy atom. The van der Waals surface area contributed by atoms with E-state index >= 15 is 0 Å². The summed E-state index contributed by atoms with van der Waals surface area (Å²) < 4.78 is 5.84. The topological polar surface area (TPSA) is 56.8 Å². The largest absolute Gasteiger partial charge is 0.373 e. The molecule has 4 unspecified atom stereocenters. The van der Waals surface area contributed by atoms with Crippen LogP contribution < -0.4 is 10.9 Å². The SMILES string of the molecule is CC1CN(CC2CCN(C(=O)C3CC(c4cccc(Cl)c4)NN3)CC2)CC(C)O1. The van der Waals surface area contributed by atoms with Gasteiger partial charge in [-0.05, 0) is 56.7 Å². The van der Waals surface area contributed by atoms with Crippen molar-refractivity contribution in [3.8, 4) is 0 Å². The van der Waals surface area contributed by atoms with E-state index in [-0.39, 0.29) is 18.0 Å². The summed E-state index contributed by atoms with van der Waals surface area (Å²) in [5.74, 6) is 0.888. The zero-order valence-corrected chi connectivity index (χ0v) is 18.2. The van der Waals surface area contributed by atoms with Crippen molar-refractivity contribution in [3.05, 3.63) is 34.9 Å². The van der Waals surface area contributed by atoms with E-state index in [4.69, 9.17) is 16.3 Å². The highest BCUT2D eigenvalue weighted by atomic mass is 35.5. The van der Waals surface area contributed by atoms with Gasteiger partial charge >= 0.3 is 0 Å². The highest BCUT2D eigenvalue weighted by Gasteiger charge is 2.35. The van der Waals surface area contributed by atoms with Gasteiger partial charge in [-0.25, -0.2) is 10.9 Å². The molecule has 0 bridgehead atoms. The summed E-state index contributed by atoms with van der Waals surface area (Å²) in [6, 6.07) is 7.79. The molecular weight excluding hydrogens is 388 g/mol. The summed E-state index contributed by atoms with van der Waals surface area (Å²) in [6.07, 6.45) is 3.55. The van der Waals surface area contributed by atoms with Crippen LogP contribution in [0.2, 0.25) is 5.02 Å². The lowest BCUT2D eigenvalue weighted by Crippen LogP contribution is -2.51. The first-order valence-corrected chi connectivity index (χ1v) is 11.3. The fourth-order valence-electron chi connectivity index (χ4n) is 5.01. The lowest BCUT2D eigenvalue weighted by atomic mass is 9.94. The van der Waals surface area contributed by atoms with Crippen LogP contribution in [0.25, 0.3) is 0 Å². The third-order valence-electron chi connectivity index (χ3n) is 6.39. The van der Waals surface area contributed by atoms with Crippen LogP contribution in [0.3, 0.4) is 0 Å². The Kier molecular flexibility index (Phi) is 6.76. The molecule has 3 aliphatic rings. The maximum atomic E-state index is 13.0. The maximum absolute atomic E-state index is 13.0. The van der Waals surface area contributed by atoms with E-state index < -0.39 is 0 Å². The Hall–Kier alpha value is -1.18. The number of carbonyl (C=O) groups is 1. The Morgan fingerprint density at radius 1 is 1.17 bits per heavy atom. The molecule has 0 saturated carbocycles. The van der Waals surface area contributed by atoms with E-state index in [1.807, 2.05) is 23.1 Å². The molecule has 7 heteroatoms. The molecule has 0 aromatic heterocycles. The third kappa shape index (κ3) is 5.30. The maximum Gasteiger partial charge on any atom is 0.241 e. The van der Waals surface area contributed by atoms with Crippen LogP contribution >= 0.6 is 11.6 Å². The van der Waals surface area contributed by atoms with E-state index in [9.17, 15) is 4.79 Å². The number of piperidine rings is 1. The number of carbonyl (C=O) groups excluding carboxylic acids is 1. The van der Waals surface area contributed by atoms with Crippen LogP contribution in [0.1, 0.15) is 44.7 Å². The molecule has 1 amide bonds. The van der Waals surface area contributed by atoms with Gasteiger partial charge in [0.25, 0.3) is 0 Å². The van der Waals surface area contributed by atoms with Gasteiger partial charge in [0, 0.05) is 43.8 Å². The monoisotopic (exact) mass is 420 g/mol. The van der Waals surface area contributed by atoms with Crippen LogP contribution in [0.4, 0.5) is 0 Å². The second-order valence-corrected chi connectivity index (χ2v) is 9.37. The fourth-order valence-corrected chi connectivity index (χ4v) is 5.21. The number of halogens is 1. The Balaban J connectivity index is 1.24. The van der Waals surface area contributed by atoms with Gasteiger partial charge in [-0.3, -0.25) is 9.69 Å². The van der Waals surface area contributed by atoms with Crippen molar-refractivity contribution in [1.29, 1.82) is 0 Å². The number of ether oxygens (including phenoxy) is 1. The average molecular weight is 421 g/mol. The van der Waals surface area contributed by atoms with Gasteiger partial charge in [0.1, 0.15) is 6.04 Å². The molecule has 3 fully saturated rings. The lowest BCUT2D eigenvalue weighted by molar-refractivity contribution is -0.134. The number of hydrazine groups is 1. The first-order valence-electron chi connectivity index (χ1n) is 10.9. The van der Waals surface area contributed by atoms with E-state index in [1.165, 1.54) is 0 Å². The Bertz CT molecular complexity index is 700. The van der Waals surface area contributed by atoms with Crippen molar-refractivity contribution < 1.29 is 9.53 Å². The summed E-state index contributed by atoms with van der Waals surface area (Å²) >= 11 is 6.11. The molecule has 0 radical (unpaired) electrons. The van der Waals surface area contributed by atoms with Crippen molar-refractivity contribution >= 4 is 17.5 Å². The molecule has 0 aliphatic carbocycles. The minimum absolute atomic E-state index is 0.116. The molecule has 3 aliphatic heterocycles. The molecule has 2 N–H and O–H groups in total. The fraction of sp³-hybridized carbons (Fsp3) is 0.682. The quantitative estimate of drug-likeness (QED) is 0.784. The summed E-state index contributed by atoms with van der Waals surface area (Å²) in [5.41, 5.74) is 7.59. The number of hydrogen-bond acceptors (Lipinski definition) is 5. The average Bonchev–Trinajstić information content (AvgIpc) is 3.17. The molecule has 4 atom stereocenters. The molecule has 4 rings (SSSR count). The third-order valence-corrected chi connectivity index (χ3v) is 6.63. The number of nitrogens with one attached hydrogen (secondary N) is 2. The summed E-state index contributed by atoms with van der Waals surface area (Å²) in [4.78, 5) is 17.6. The predicted molar refractivity (Wildman–Crippen MR) is 115 cm³/mol. The van der Waals surface area contributed by atoms with E-state index in [1.54, 1.807) is 0 Å². The van der Waals surface area contributed by atoms with E-state index in [0.717, 1.165) is 62.6 Å². The van der Waals surface area contributed by atoms with E-state index in [0.29, 0.717) is 18.1 Å². The second-order valence-electron chi connectivity index (χ2n) is 8.93. The molecule has 6 nitrogen and oxygen atoms in total. The van der Waals surface area contributed by atoms with E-state index in [2.05, 4.69) is 35.7 Å². The van der Waals surface area contributed by atoms with Crippen molar-refractivity contribution in [2.75, 3.05) is 32.7 Å². The number of hydrogen-bond donors (Lipinski definition) is 2. The predicted octanol–water partition coefficient (Wildman–Crippen LogP) is 2.60. The Labute approximate surface area is 178 Å². The minimum atomic E-state index is -0.170. The first kappa shape index (κ1) is 21.1. The molecular formula is C22H33ClN4O2. The number of benzene rings is 1. The zero-order valence-electron chi connectivity index (χ0n) is 17.4. The van der Waals surface area contributed by atoms with Crippen molar-refractivity contribution in [3.63, 3.8) is 0 Å². The van der Waals surface area contributed by atoms with Gasteiger partial charge in [0.05, 0.1) is 12.2 Å². The van der Waals surface area contributed by atoms with Crippen molar-refractivity contribution in [2.24, 2.45) is 5.92 Å². The van der Waals surface area contributed by atoms with Crippen LogP contribution in [-0.2, 0) is 9.53 Å². The Morgan fingerprint density at radius 3 is 2.59 bits per heavy atom. The lowest BCUT2D eigenvalue weighted by Gasteiger charge is -2.39. The van der Waals surface area contributed by atoms with Crippen LogP contribution in [0.5, 0.6) is 0 Å². The van der Waals surface area contributed by atoms with Gasteiger partial charge in [0.2, 0.25) is 5.91 Å². The van der Waals surface area contributed by atoms with Crippen LogP contribution in [0.15, 0.2) is 24.3 Å². The number of nitrogens with zero attached hydrogens (tertiary/aromatic N) is 2. The summed E-state index contributed by atoms with van der Waals surface area (Å²) in [5, 5.41) is 0.727.